The minimum atomic E-state index is -0.856. The molecule has 0 spiro atoms. The van der Waals surface area contributed by atoms with Crippen LogP contribution in [0.1, 0.15) is 20.8 Å². The fourth-order valence-electron chi connectivity index (χ4n) is 1.44. The van der Waals surface area contributed by atoms with E-state index >= 15 is 0 Å². The van der Waals surface area contributed by atoms with Crippen molar-refractivity contribution >= 4 is 29.2 Å². The Morgan fingerprint density at radius 2 is 2.05 bits per heavy atom. The first-order chi connectivity index (χ1) is 9.69. The van der Waals surface area contributed by atoms with Crippen molar-refractivity contribution in [1.29, 1.82) is 0 Å². The van der Waals surface area contributed by atoms with Crippen LogP contribution in [0.25, 0.3) is 0 Å². The van der Waals surface area contributed by atoms with Gasteiger partial charge in [-0.05, 0) is 32.9 Å². The molecule has 0 saturated heterocycles. The predicted octanol–water partition coefficient (Wildman–Crippen LogP) is 2.83. The number of aliphatic hydroxyl groups is 1. The third kappa shape index (κ3) is 6.89. The van der Waals surface area contributed by atoms with Gasteiger partial charge < -0.3 is 20.5 Å². The van der Waals surface area contributed by atoms with Gasteiger partial charge in [-0.1, -0.05) is 29.3 Å². The summed E-state index contributed by atoms with van der Waals surface area (Å²) < 4.78 is 5.37. The number of nitrogens with one attached hydrogen (secondary N) is 2. The molecule has 0 heterocycles. The zero-order valence-electron chi connectivity index (χ0n) is 12.2. The van der Waals surface area contributed by atoms with E-state index in [1.807, 2.05) is 20.8 Å². The minimum Gasteiger partial charge on any atom is -0.489 e. The van der Waals surface area contributed by atoms with E-state index in [1.165, 1.54) is 0 Å². The molecule has 5 nitrogen and oxygen atoms in total. The summed E-state index contributed by atoms with van der Waals surface area (Å²) in [6, 6.07) is 4.65. The quantitative estimate of drug-likeness (QED) is 0.775. The van der Waals surface area contributed by atoms with Crippen molar-refractivity contribution in [3.8, 4) is 5.75 Å². The van der Waals surface area contributed by atoms with Crippen LogP contribution < -0.4 is 15.4 Å². The van der Waals surface area contributed by atoms with E-state index in [0.717, 1.165) is 0 Å². The van der Waals surface area contributed by atoms with Crippen LogP contribution in [0.4, 0.5) is 4.79 Å². The van der Waals surface area contributed by atoms with Crippen LogP contribution >= 0.6 is 23.2 Å². The lowest BCUT2D eigenvalue weighted by atomic mass is 10.1. The fraction of sp³-hybridized carbons (Fsp3) is 0.500. The summed E-state index contributed by atoms with van der Waals surface area (Å²) in [4.78, 5) is 11.5. The average Bonchev–Trinajstić information content (AvgIpc) is 2.36. The van der Waals surface area contributed by atoms with Gasteiger partial charge in [-0.2, -0.15) is 0 Å². The van der Waals surface area contributed by atoms with Gasteiger partial charge in [0.05, 0.1) is 5.02 Å². The standard InChI is InChI=1S/C14H20Cl2N2O3/c1-14(2,3)18-13(20)17-7-9(19)8-21-11-6-4-5-10(15)12(11)16/h4-6,9,19H,7-8H2,1-3H3,(H2,17,18,20). The molecular formula is C14H20Cl2N2O3. The molecule has 1 aromatic carbocycles. The largest absolute Gasteiger partial charge is 0.489 e. The molecular weight excluding hydrogens is 315 g/mol. The van der Waals surface area contributed by atoms with Gasteiger partial charge in [0.1, 0.15) is 23.5 Å². The van der Waals surface area contributed by atoms with Crippen molar-refractivity contribution in [2.45, 2.75) is 32.4 Å². The number of halogens is 2. The van der Waals surface area contributed by atoms with E-state index in [2.05, 4.69) is 10.6 Å². The Hall–Kier alpha value is -1.17. The molecule has 0 aliphatic carbocycles. The van der Waals surface area contributed by atoms with Gasteiger partial charge in [-0.15, -0.1) is 0 Å². The molecule has 1 rings (SSSR count). The highest BCUT2D eigenvalue weighted by Gasteiger charge is 2.15. The highest BCUT2D eigenvalue weighted by Crippen LogP contribution is 2.31. The van der Waals surface area contributed by atoms with Crippen LogP contribution in [-0.2, 0) is 0 Å². The zero-order chi connectivity index (χ0) is 16.0. The zero-order valence-corrected chi connectivity index (χ0v) is 13.8. The van der Waals surface area contributed by atoms with Gasteiger partial charge in [-0.3, -0.25) is 0 Å². The van der Waals surface area contributed by atoms with Gasteiger partial charge in [0, 0.05) is 12.1 Å². The molecule has 2 amide bonds. The Bertz CT molecular complexity index is 490. The number of urea groups is 1. The average molecular weight is 335 g/mol. The lowest BCUT2D eigenvalue weighted by Gasteiger charge is -2.21. The van der Waals surface area contributed by atoms with Gasteiger partial charge in [0.15, 0.2) is 0 Å². The third-order valence-corrected chi connectivity index (χ3v) is 3.14. The van der Waals surface area contributed by atoms with Crippen LogP contribution in [0.5, 0.6) is 5.75 Å². The molecule has 3 N–H and O–H groups in total. The first kappa shape index (κ1) is 17.9. The van der Waals surface area contributed by atoms with E-state index in [4.69, 9.17) is 27.9 Å². The number of carbonyl (C=O) groups excluding carboxylic acids is 1. The maximum absolute atomic E-state index is 11.5. The van der Waals surface area contributed by atoms with Crippen molar-refractivity contribution in [3.63, 3.8) is 0 Å². The molecule has 1 atom stereocenters. The van der Waals surface area contributed by atoms with Crippen molar-refractivity contribution < 1.29 is 14.6 Å². The van der Waals surface area contributed by atoms with E-state index in [0.29, 0.717) is 15.8 Å². The number of rotatable bonds is 5. The van der Waals surface area contributed by atoms with E-state index in [9.17, 15) is 9.90 Å². The Kier molecular flexibility index (Phi) is 6.58. The van der Waals surface area contributed by atoms with E-state index in [1.54, 1.807) is 18.2 Å². The summed E-state index contributed by atoms with van der Waals surface area (Å²) in [5, 5.41) is 15.7. The summed E-state index contributed by atoms with van der Waals surface area (Å²) in [5.74, 6) is 0.391. The molecule has 0 aliphatic heterocycles. The number of hydrogen-bond donors (Lipinski definition) is 3. The SMILES string of the molecule is CC(C)(C)NC(=O)NCC(O)COc1cccc(Cl)c1Cl. The number of carbonyl (C=O) groups is 1. The molecule has 0 aromatic heterocycles. The second-order valence-electron chi connectivity index (χ2n) is 5.60. The number of benzene rings is 1. The third-order valence-electron chi connectivity index (χ3n) is 2.33. The van der Waals surface area contributed by atoms with Gasteiger partial charge >= 0.3 is 6.03 Å². The Morgan fingerprint density at radius 3 is 2.67 bits per heavy atom. The van der Waals surface area contributed by atoms with Crippen molar-refractivity contribution in [1.82, 2.24) is 10.6 Å². The molecule has 1 unspecified atom stereocenters. The minimum absolute atomic E-state index is 0.00411. The highest BCUT2D eigenvalue weighted by atomic mass is 35.5. The van der Waals surface area contributed by atoms with Crippen LogP contribution in [0, 0.1) is 0 Å². The molecule has 1 aromatic rings. The topological polar surface area (TPSA) is 70.6 Å². The summed E-state index contributed by atoms with van der Waals surface area (Å²) in [5.41, 5.74) is -0.333. The first-order valence-corrected chi connectivity index (χ1v) is 7.25. The van der Waals surface area contributed by atoms with Crippen LogP contribution in [0.3, 0.4) is 0 Å². The van der Waals surface area contributed by atoms with Crippen molar-refractivity contribution in [2.75, 3.05) is 13.2 Å². The fourth-order valence-corrected chi connectivity index (χ4v) is 1.78. The molecule has 118 valence electrons. The number of amides is 2. The van der Waals surface area contributed by atoms with Gasteiger partial charge in [0.25, 0.3) is 0 Å². The molecule has 0 saturated carbocycles. The lowest BCUT2D eigenvalue weighted by molar-refractivity contribution is 0.107. The molecule has 0 fully saturated rings. The van der Waals surface area contributed by atoms with Crippen molar-refractivity contribution in [2.24, 2.45) is 0 Å². The first-order valence-electron chi connectivity index (χ1n) is 6.50. The van der Waals surface area contributed by atoms with Crippen LogP contribution in [-0.4, -0.2) is 35.9 Å². The normalized spacial score (nSPS) is 12.7. The highest BCUT2D eigenvalue weighted by molar-refractivity contribution is 6.42. The van der Waals surface area contributed by atoms with Gasteiger partial charge in [-0.25, -0.2) is 4.79 Å². The Balaban J connectivity index is 2.36. The molecule has 7 heteroatoms. The summed E-state index contributed by atoms with van der Waals surface area (Å²) in [7, 11) is 0. The number of hydrogen-bond acceptors (Lipinski definition) is 3. The van der Waals surface area contributed by atoms with Crippen molar-refractivity contribution in [3.05, 3.63) is 28.2 Å². The molecule has 0 radical (unpaired) electrons. The predicted molar refractivity (Wildman–Crippen MR) is 84.3 cm³/mol. The Morgan fingerprint density at radius 1 is 1.38 bits per heavy atom. The summed E-state index contributed by atoms with van der Waals surface area (Å²) in [6.45, 7) is 5.67. The summed E-state index contributed by atoms with van der Waals surface area (Å²) >= 11 is 11.8. The Labute approximate surface area is 134 Å². The maximum atomic E-state index is 11.5. The number of ether oxygens (including phenoxy) is 1. The lowest BCUT2D eigenvalue weighted by Crippen LogP contribution is -2.48. The molecule has 0 bridgehead atoms. The second kappa shape index (κ2) is 7.73. The maximum Gasteiger partial charge on any atom is 0.315 e. The summed E-state index contributed by atoms with van der Waals surface area (Å²) in [6.07, 6.45) is -0.856. The van der Waals surface area contributed by atoms with E-state index < -0.39 is 6.10 Å². The van der Waals surface area contributed by atoms with Crippen LogP contribution in [0.2, 0.25) is 10.0 Å². The van der Waals surface area contributed by atoms with Gasteiger partial charge in [0.2, 0.25) is 0 Å². The molecule has 21 heavy (non-hydrogen) atoms. The van der Waals surface area contributed by atoms with Crippen LogP contribution in [0.15, 0.2) is 18.2 Å². The monoisotopic (exact) mass is 334 g/mol. The second-order valence-corrected chi connectivity index (χ2v) is 6.39. The smallest absolute Gasteiger partial charge is 0.315 e. The van der Waals surface area contributed by atoms with E-state index in [-0.39, 0.29) is 24.7 Å². The number of aliphatic hydroxyl groups excluding tert-OH is 1. The molecule has 0 aliphatic rings.